The third kappa shape index (κ3) is 2.99. The van der Waals surface area contributed by atoms with Gasteiger partial charge in [0.15, 0.2) is 16.9 Å². The predicted octanol–water partition coefficient (Wildman–Crippen LogP) is 0.987. The van der Waals surface area contributed by atoms with Gasteiger partial charge in [0.1, 0.15) is 11.5 Å². The maximum atomic E-state index is 12.8. The first-order chi connectivity index (χ1) is 12.8. The number of ketones is 1. The molecule has 3 aromatic rings. The van der Waals surface area contributed by atoms with Crippen molar-refractivity contribution in [2.75, 3.05) is 14.2 Å². The fourth-order valence-corrected chi connectivity index (χ4v) is 3.05. The average Bonchev–Trinajstić information content (AvgIpc) is 3.00. The van der Waals surface area contributed by atoms with E-state index < -0.39 is 11.2 Å². The van der Waals surface area contributed by atoms with Crippen LogP contribution in [0.2, 0.25) is 5.28 Å². The van der Waals surface area contributed by atoms with Crippen molar-refractivity contribution in [3.8, 4) is 11.5 Å². The van der Waals surface area contributed by atoms with Crippen molar-refractivity contribution in [2.24, 2.45) is 14.1 Å². The molecular formula is C17H17ClN4O5. The van der Waals surface area contributed by atoms with Crippen LogP contribution in [0.1, 0.15) is 10.4 Å². The fourth-order valence-electron chi connectivity index (χ4n) is 2.82. The van der Waals surface area contributed by atoms with Crippen molar-refractivity contribution in [2.45, 2.75) is 6.54 Å². The summed E-state index contributed by atoms with van der Waals surface area (Å²) in [6, 6.07) is 4.79. The number of Topliss-reactive ketones (excluding diaryl/α,β-unsaturated/α-hetero) is 1. The van der Waals surface area contributed by atoms with Gasteiger partial charge in [0.05, 0.1) is 26.3 Å². The lowest BCUT2D eigenvalue weighted by Crippen LogP contribution is -2.37. The van der Waals surface area contributed by atoms with Gasteiger partial charge in [0, 0.05) is 20.2 Å². The first-order valence-electron chi connectivity index (χ1n) is 7.87. The minimum absolute atomic E-state index is 0.0656. The normalized spacial score (nSPS) is 11.0. The van der Waals surface area contributed by atoms with E-state index in [2.05, 4.69) is 4.98 Å². The summed E-state index contributed by atoms with van der Waals surface area (Å²) < 4.78 is 13.8. The van der Waals surface area contributed by atoms with E-state index in [0.29, 0.717) is 17.1 Å². The van der Waals surface area contributed by atoms with Crippen LogP contribution in [0.4, 0.5) is 0 Å². The minimum Gasteiger partial charge on any atom is -0.497 e. The first kappa shape index (κ1) is 18.7. The van der Waals surface area contributed by atoms with E-state index in [9.17, 15) is 14.4 Å². The van der Waals surface area contributed by atoms with Gasteiger partial charge in [0.2, 0.25) is 5.28 Å². The Bertz CT molecular complexity index is 1170. The van der Waals surface area contributed by atoms with Crippen molar-refractivity contribution in [3.63, 3.8) is 0 Å². The van der Waals surface area contributed by atoms with E-state index >= 15 is 0 Å². The van der Waals surface area contributed by atoms with Crippen molar-refractivity contribution in [3.05, 3.63) is 49.9 Å². The van der Waals surface area contributed by atoms with Gasteiger partial charge >= 0.3 is 5.69 Å². The van der Waals surface area contributed by atoms with Crippen LogP contribution in [-0.4, -0.2) is 38.7 Å². The quantitative estimate of drug-likeness (QED) is 0.474. The summed E-state index contributed by atoms with van der Waals surface area (Å²) >= 11 is 6.15. The molecule has 2 aromatic heterocycles. The SMILES string of the molecule is COc1ccc(C(=O)Cn2c(Cl)nc3c2c(=O)n(C)c(=O)n3C)c(OC)c1. The van der Waals surface area contributed by atoms with Crippen molar-refractivity contribution in [1.29, 1.82) is 0 Å². The standard InChI is InChI=1S/C17H17ClN4O5/c1-20-14-13(15(24)21(2)17(20)25)22(16(18)19-14)8-11(23)10-6-5-9(26-3)7-12(10)27-4/h5-7H,8H2,1-4H3. The van der Waals surface area contributed by atoms with Gasteiger partial charge in [-0.15, -0.1) is 0 Å². The van der Waals surface area contributed by atoms with Crippen LogP contribution >= 0.6 is 11.6 Å². The van der Waals surface area contributed by atoms with Crippen LogP contribution in [-0.2, 0) is 20.6 Å². The largest absolute Gasteiger partial charge is 0.497 e. The zero-order valence-electron chi connectivity index (χ0n) is 15.1. The summed E-state index contributed by atoms with van der Waals surface area (Å²) in [4.78, 5) is 41.5. The molecular weight excluding hydrogens is 376 g/mol. The molecule has 0 unspecified atom stereocenters. The summed E-state index contributed by atoms with van der Waals surface area (Å²) in [5, 5.41) is -0.0656. The second-order valence-corrected chi connectivity index (χ2v) is 6.17. The highest BCUT2D eigenvalue weighted by molar-refractivity contribution is 6.29. The predicted molar refractivity (Wildman–Crippen MR) is 99.1 cm³/mol. The number of benzene rings is 1. The second-order valence-electron chi connectivity index (χ2n) is 5.83. The van der Waals surface area contributed by atoms with Crippen molar-refractivity contribution >= 4 is 28.5 Å². The number of aryl methyl sites for hydroxylation is 1. The molecule has 0 aliphatic carbocycles. The van der Waals surface area contributed by atoms with Crippen LogP contribution in [0.5, 0.6) is 11.5 Å². The molecule has 0 radical (unpaired) electrons. The molecule has 0 saturated heterocycles. The number of aromatic nitrogens is 4. The van der Waals surface area contributed by atoms with E-state index in [4.69, 9.17) is 21.1 Å². The number of methoxy groups -OCH3 is 2. The third-order valence-electron chi connectivity index (χ3n) is 4.31. The lowest BCUT2D eigenvalue weighted by molar-refractivity contribution is 0.0970. The maximum Gasteiger partial charge on any atom is 0.332 e. The van der Waals surface area contributed by atoms with Crippen LogP contribution in [0.15, 0.2) is 27.8 Å². The summed E-state index contributed by atoms with van der Waals surface area (Å²) in [6.45, 7) is -0.245. The number of carbonyl (C=O) groups is 1. The number of halogens is 1. The molecule has 0 aliphatic heterocycles. The molecule has 0 saturated carbocycles. The fraction of sp³-hybridized carbons (Fsp3) is 0.294. The Labute approximate surface area is 158 Å². The second kappa shape index (κ2) is 6.92. The number of imidazole rings is 1. The molecule has 142 valence electrons. The number of ether oxygens (including phenoxy) is 2. The number of fused-ring (bicyclic) bond motifs is 1. The van der Waals surface area contributed by atoms with E-state index in [0.717, 1.165) is 4.57 Å². The monoisotopic (exact) mass is 392 g/mol. The zero-order valence-corrected chi connectivity index (χ0v) is 15.9. The molecule has 1 aromatic carbocycles. The van der Waals surface area contributed by atoms with Crippen LogP contribution in [0.25, 0.3) is 11.2 Å². The number of carbonyl (C=O) groups excluding carboxylic acids is 1. The molecule has 0 atom stereocenters. The van der Waals surface area contributed by atoms with E-state index in [-0.39, 0.29) is 28.8 Å². The molecule has 2 heterocycles. The Morgan fingerprint density at radius 3 is 2.48 bits per heavy atom. The lowest BCUT2D eigenvalue weighted by atomic mass is 10.1. The molecule has 3 rings (SSSR count). The highest BCUT2D eigenvalue weighted by atomic mass is 35.5. The van der Waals surface area contributed by atoms with Crippen molar-refractivity contribution in [1.82, 2.24) is 18.7 Å². The van der Waals surface area contributed by atoms with Gasteiger partial charge in [-0.25, -0.2) is 4.79 Å². The lowest BCUT2D eigenvalue weighted by Gasteiger charge is -2.11. The van der Waals surface area contributed by atoms with Crippen molar-refractivity contribution < 1.29 is 14.3 Å². The number of rotatable bonds is 5. The molecule has 0 amide bonds. The number of hydrogen-bond donors (Lipinski definition) is 0. The van der Waals surface area contributed by atoms with E-state index in [1.807, 2.05) is 0 Å². The first-order valence-corrected chi connectivity index (χ1v) is 8.25. The zero-order chi connectivity index (χ0) is 19.9. The average molecular weight is 393 g/mol. The Balaban J connectivity index is 2.13. The van der Waals surface area contributed by atoms with Gasteiger partial charge in [0.25, 0.3) is 5.56 Å². The third-order valence-corrected chi connectivity index (χ3v) is 4.60. The summed E-state index contributed by atoms with van der Waals surface area (Å²) in [6.07, 6.45) is 0. The van der Waals surface area contributed by atoms with Gasteiger partial charge in [-0.3, -0.25) is 18.7 Å². The Kier molecular flexibility index (Phi) is 4.79. The molecule has 9 nitrogen and oxygen atoms in total. The Hall–Kier alpha value is -3.07. The molecule has 0 aliphatic rings. The molecule has 27 heavy (non-hydrogen) atoms. The van der Waals surface area contributed by atoms with E-state index in [1.54, 1.807) is 18.2 Å². The molecule has 0 N–H and O–H groups in total. The van der Waals surface area contributed by atoms with Crippen LogP contribution < -0.4 is 20.7 Å². The van der Waals surface area contributed by atoms with Crippen LogP contribution in [0.3, 0.4) is 0 Å². The molecule has 10 heteroatoms. The highest BCUT2D eigenvalue weighted by Crippen LogP contribution is 2.26. The van der Waals surface area contributed by atoms with E-state index in [1.165, 1.54) is 37.4 Å². The summed E-state index contributed by atoms with van der Waals surface area (Å²) in [7, 11) is 5.78. The Morgan fingerprint density at radius 2 is 1.85 bits per heavy atom. The molecule has 0 spiro atoms. The molecule has 0 bridgehead atoms. The summed E-state index contributed by atoms with van der Waals surface area (Å²) in [5.41, 5.74) is -0.621. The Morgan fingerprint density at radius 1 is 1.15 bits per heavy atom. The topological polar surface area (TPSA) is 97.4 Å². The van der Waals surface area contributed by atoms with Gasteiger partial charge < -0.3 is 14.0 Å². The highest BCUT2D eigenvalue weighted by Gasteiger charge is 2.21. The smallest absolute Gasteiger partial charge is 0.332 e. The summed E-state index contributed by atoms with van der Waals surface area (Å²) in [5.74, 6) is 0.533. The number of nitrogens with zero attached hydrogens (tertiary/aromatic N) is 4. The van der Waals surface area contributed by atoms with Gasteiger partial charge in [-0.05, 0) is 23.7 Å². The van der Waals surface area contributed by atoms with Gasteiger partial charge in [-0.1, -0.05) is 0 Å². The minimum atomic E-state index is -0.581. The van der Waals surface area contributed by atoms with Gasteiger partial charge in [-0.2, -0.15) is 4.98 Å². The number of hydrogen-bond acceptors (Lipinski definition) is 6. The maximum absolute atomic E-state index is 12.8. The van der Waals surface area contributed by atoms with Crippen LogP contribution in [0, 0.1) is 0 Å². The molecule has 0 fully saturated rings.